The molecule has 132 valence electrons. The minimum Gasteiger partial charge on any atom is -0.497 e. The van der Waals surface area contributed by atoms with Crippen molar-refractivity contribution in [3.8, 4) is 11.5 Å². The van der Waals surface area contributed by atoms with Gasteiger partial charge in [0.15, 0.2) is 6.10 Å². The third-order valence-electron chi connectivity index (χ3n) is 3.93. The molecule has 0 aromatic heterocycles. The van der Waals surface area contributed by atoms with E-state index in [0.717, 1.165) is 16.3 Å². The third-order valence-corrected chi connectivity index (χ3v) is 3.93. The summed E-state index contributed by atoms with van der Waals surface area (Å²) in [5.41, 5.74) is 3.45. The maximum Gasteiger partial charge on any atom is 0.280 e. The van der Waals surface area contributed by atoms with Crippen LogP contribution in [0.15, 0.2) is 71.8 Å². The second-order valence-electron chi connectivity index (χ2n) is 5.74. The Morgan fingerprint density at radius 2 is 1.77 bits per heavy atom. The number of hydrogen-bond acceptors (Lipinski definition) is 4. The summed E-state index contributed by atoms with van der Waals surface area (Å²) in [7, 11) is 1.58. The summed E-state index contributed by atoms with van der Waals surface area (Å²) in [5, 5.41) is 6.26. The van der Waals surface area contributed by atoms with Crippen LogP contribution in [-0.4, -0.2) is 25.3 Å². The van der Waals surface area contributed by atoms with E-state index in [9.17, 15) is 4.79 Å². The summed E-state index contributed by atoms with van der Waals surface area (Å²) in [4.78, 5) is 12.2. The van der Waals surface area contributed by atoms with Gasteiger partial charge < -0.3 is 9.47 Å². The van der Waals surface area contributed by atoms with Gasteiger partial charge in [0.05, 0.1) is 13.3 Å². The van der Waals surface area contributed by atoms with Gasteiger partial charge in [-0.1, -0.05) is 48.5 Å². The number of hydrogen-bond donors (Lipinski definition) is 1. The number of carbonyl (C=O) groups excluding carboxylic acids is 1. The zero-order valence-corrected chi connectivity index (χ0v) is 14.7. The van der Waals surface area contributed by atoms with Gasteiger partial charge in [-0.3, -0.25) is 4.79 Å². The number of hydrazone groups is 1. The molecule has 3 aromatic rings. The number of rotatable bonds is 6. The number of carbonyl (C=O) groups is 1. The van der Waals surface area contributed by atoms with Crippen molar-refractivity contribution >= 4 is 22.9 Å². The lowest BCUT2D eigenvalue weighted by atomic mass is 10.1. The molecule has 1 amide bonds. The summed E-state index contributed by atoms with van der Waals surface area (Å²) >= 11 is 0. The van der Waals surface area contributed by atoms with E-state index in [4.69, 9.17) is 9.47 Å². The van der Waals surface area contributed by atoms with Crippen LogP contribution >= 0.6 is 0 Å². The number of nitrogens with one attached hydrogen (secondary N) is 1. The van der Waals surface area contributed by atoms with E-state index in [1.807, 2.05) is 48.5 Å². The summed E-state index contributed by atoms with van der Waals surface area (Å²) in [6, 6.07) is 21.1. The number of nitrogens with zero attached hydrogens (tertiary/aromatic N) is 1. The second-order valence-corrected chi connectivity index (χ2v) is 5.74. The Balaban J connectivity index is 1.63. The molecule has 5 nitrogen and oxygen atoms in total. The molecule has 0 aliphatic rings. The SMILES string of the molecule is COc1cccc(OC(C)C(=O)N/N=C/c2cccc3ccccc23)c1. The van der Waals surface area contributed by atoms with Crippen LogP contribution in [0.3, 0.4) is 0 Å². The summed E-state index contributed by atoms with van der Waals surface area (Å²) in [6.07, 6.45) is 0.949. The fourth-order valence-electron chi connectivity index (χ4n) is 2.55. The molecular formula is C21H20N2O3. The van der Waals surface area contributed by atoms with Gasteiger partial charge in [0.1, 0.15) is 11.5 Å². The maximum absolute atomic E-state index is 12.2. The highest BCUT2D eigenvalue weighted by Crippen LogP contribution is 2.20. The Morgan fingerprint density at radius 1 is 1.04 bits per heavy atom. The first kappa shape index (κ1) is 17.5. The Kier molecular flexibility index (Phi) is 5.49. The van der Waals surface area contributed by atoms with Gasteiger partial charge >= 0.3 is 0 Å². The van der Waals surface area contributed by atoms with Gasteiger partial charge in [-0.2, -0.15) is 5.10 Å². The standard InChI is InChI=1S/C21H20N2O3/c1-15(26-19-11-6-10-18(13-19)25-2)21(24)23-22-14-17-9-5-8-16-7-3-4-12-20(16)17/h3-15H,1-2H3,(H,23,24)/b22-14+. The lowest BCUT2D eigenvalue weighted by molar-refractivity contribution is -0.127. The largest absolute Gasteiger partial charge is 0.497 e. The van der Waals surface area contributed by atoms with Crippen molar-refractivity contribution in [3.05, 3.63) is 72.3 Å². The van der Waals surface area contributed by atoms with Crippen molar-refractivity contribution in [2.45, 2.75) is 13.0 Å². The second kappa shape index (κ2) is 8.16. The van der Waals surface area contributed by atoms with Crippen LogP contribution in [0, 0.1) is 0 Å². The summed E-state index contributed by atoms with van der Waals surface area (Å²) < 4.78 is 10.8. The smallest absolute Gasteiger partial charge is 0.280 e. The molecule has 0 fully saturated rings. The van der Waals surface area contributed by atoms with Crippen LogP contribution in [0.1, 0.15) is 12.5 Å². The van der Waals surface area contributed by atoms with Crippen molar-refractivity contribution in [2.24, 2.45) is 5.10 Å². The topological polar surface area (TPSA) is 59.9 Å². The number of ether oxygens (including phenoxy) is 2. The van der Waals surface area contributed by atoms with Crippen LogP contribution in [-0.2, 0) is 4.79 Å². The lowest BCUT2D eigenvalue weighted by Crippen LogP contribution is -2.33. The first-order chi connectivity index (χ1) is 12.7. The van der Waals surface area contributed by atoms with Gasteiger partial charge in [0.2, 0.25) is 0 Å². The molecule has 0 saturated carbocycles. The van der Waals surface area contributed by atoms with E-state index in [2.05, 4.69) is 10.5 Å². The Morgan fingerprint density at radius 3 is 2.62 bits per heavy atom. The summed E-state index contributed by atoms with van der Waals surface area (Å²) in [5.74, 6) is 0.901. The molecule has 0 radical (unpaired) electrons. The van der Waals surface area contributed by atoms with Crippen LogP contribution < -0.4 is 14.9 Å². The Bertz CT molecular complexity index is 932. The fraction of sp³-hybridized carbons (Fsp3) is 0.143. The molecule has 0 bridgehead atoms. The molecule has 26 heavy (non-hydrogen) atoms. The molecule has 3 aromatic carbocycles. The lowest BCUT2D eigenvalue weighted by Gasteiger charge is -2.13. The molecule has 5 heteroatoms. The molecule has 1 unspecified atom stereocenters. The average Bonchev–Trinajstić information content (AvgIpc) is 2.68. The normalized spacial score (nSPS) is 12.1. The molecule has 0 aliphatic carbocycles. The van der Waals surface area contributed by atoms with E-state index < -0.39 is 6.10 Å². The summed E-state index contributed by atoms with van der Waals surface area (Å²) in [6.45, 7) is 1.67. The average molecular weight is 348 g/mol. The van der Waals surface area contributed by atoms with Gasteiger partial charge in [0.25, 0.3) is 5.91 Å². The first-order valence-corrected chi connectivity index (χ1v) is 8.29. The molecule has 0 spiro atoms. The van der Waals surface area contributed by atoms with Crippen molar-refractivity contribution < 1.29 is 14.3 Å². The molecule has 3 rings (SSSR count). The highest BCUT2D eigenvalue weighted by Gasteiger charge is 2.14. The molecule has 0 heterocycles. The maximum atomic E-state index is 12.2. The van der Waals surface area contributed by atoms with Crippen LogP contribution in [0.5, 0.6) is 11.5 Å². The third kappa shape index (κ3) is 4.19. The number of amides is 1. The van der Waals surface area contributed by atoms with Gasteiger partial charge in [0, 0.05) is 11.6 Å². The van der Waals surface area contributed by atoms with Gasteiger partial charge in [-0.05, 0) is 29.8 Å². The van der Waals surface area contributed by atoms with E-state index in [0.29, 0.717) is 11.5 Å². The van der Waals surface area contributed by atoms with Crippen molar-refractivity contribution in [1.29, 1.82) is 0 Å². The van der Waals surface area contributed by atoms with Crippen LogP contribution in [0.25, 0.3) is 10.8 Å². The van der Waals surface area contributed by atoms with Crippen molar-refractivity contribution in [2.75, 3.05) is 7.11 Å². The minimum atomic E-state index is -0.688. The Labute approximate surface area is 152 Å². The Hall–Kier alpha value is -3.34. The molecule has 0 saturated heterocycles. The molecule has 1 atom stereocenters. The van der Waals surface area contributed by atoms with Crippen molar-refractivity contribution in [3.63, 3.8) is 0 Å². The highest BCUT2D eigenvalue weighted by molar-refractivity contribution is 6.00. The monoisotopic (exact) mass is 348 g/mol. The van der Waals surface area contributed by atoms with Gasteiger partial charge in [-0.25, -0.2) is 5.43 Å². The number of fused-ring (bicyclic) bond motifs is 1. The predicted molar refractivity (Wildman–Crippen MR) is 103 cm³/mol. The number of methoxy groups -OCH3 is 1. The van der Waals surface area contributed by atoms with E-state index in [1.54, 1.807) is 38.4 Å². The quantitative estimate of drug-likeness (QED) is 0.545. The highest BCUT2D eigenvalue weighted by atomic mass is 16.5. The van der Waals surface area contributed by atoms with Crippen LogP contribution in [0.2, 0.25) is 0 Å². The number of benzene rings is 3. The van der Waals surface area contributed by atoms with Crippen LogP contribution in [0.4, 0.5) is 0 Å². The molecule has 1 N–H and O–H groups in total. The minimum absolute atomic E-state index is 0.329. The van der Waals surface area contributed by atoms with E-state index in [-0.39, 0.29) is 5.91 Å². The molecular weight excluding hydrogens is 328 g/mol. The van der Waals surface area contributed by atoms with Gasteiger partial charge in [-0.15, -0.1) is 0 Å². The predicted octanol–water partition coefficient (Wildman–Crippen LogP) is 3.77. The zero-order chi connectivity index (χ0) is 18.4. The zero-order valence-electron chi connectivity index (χ0n) is 14.7. The van der Waals surface area contributed by atoms with E-state index >= 15 is 0 Å². The van der Waals surface area contributed by atoms with Crippen molar-refractivity contribution in [1.82, 2.24) is 5.43 Å². The first-order valence-electron chi connectivity index (χ1n) is 8.29. The fourth-order valence-corrected chi connectivity index (χ4v) is 2.55. The molecule has 0 aliphatic heterocycles. The van der Waals surface area contributed by atoms with E-state index in [1.165, 1.54) is 0 Å².